The van der Waals surface area contributed by atoms with Gasteiger partial charge in [0.1, 0.15) is 6.10 Å². The molecule has 1 N–H and O–H groups in total. The van der Waals surface area contributed by atoms with Gasteiger partial charge < -0.3 is 14.6 Å². The number of carbonyl (C=O) groups is 3. The quantitative estimate of drug-likeness (QED) is 0.651. The lowest BCUT2D eigenvalue weighted by atomic mass is 9.44. The molecule has 0 amide bonds. The molecular weight excluding hydrogens is 429 g/mol. The van der Waals surface area contributed by atoms with E-state index in [1.807, 2.05) is 6.92 Å². The molecule has 5 aliphatic rings. The van der Waals surface area contributed by atoms with Gasteiger partial charge in [-0.25, -0.2) is 9.38 Å². The molecule has 0 unspecified atom stereocenters. The summed E-state index contributed by atoms with van der Waals surface area (Å²) in [6, 6.07) is 0. The lowest BCUT2D eigenvalue weighted by Crippen LogP contribution is -2.69. The number of nitrogens with zero attached hydrogens (tertiary/aromatic N) is 1. The van der Waals surface area contributed by atoms with E-state index in [4.69, 9.17) is 9.47 Å². The van der Waals surface area contributed by atoms with Crippen LogP contribution in [0.3, 0.4) is 0 Å². The minimum absolute atomic E-state index is 0.0117. The van der Waals surface area contributed by atoms with Crippen molar-refractivity contribution in [1.82, 2.24) is 0 Å². The monoisotopic (exact) mass is 459 g/mol. The summed E-state index contributed by atoms with van der Waals surface area (Å²) >= 11 is 0. The number of ketones is 2. The Bertz CT molecular complexity index is 1050. The molecule has 0 aromatic carbocycles. The van der Waals surface area contributed by atoms with E-state index in [9.17, 15) is 19.5 Å². The van der Waals surface area contributed by atoms with E-state index < -0.39 is 52.7 Å². The summed E-state index contributed by atoms with van der Waals surface area (Å²) in [7, 11) is 0. The highest BCUT2D eigenvalue weighted by molar-refractivity contribution is 6.01. The van der Waals surface area contributed by atoms with Gasteiger partial charge in [-0.15, -0.1) is 0 Å². The van der Waals surface area contributed by atoms with Crippen molar-refractivity contribution in [3.05, 3.63) is 23.8 Å². The molecule has 1 aliphatic heterocycles. The molecule has 8 heteroatoms. The molecule has 5 rings (SSSR count). The van der Waals surface area contributed by atoms with Crippen molar-refractivity contribution in [3.63, 3.8) is 0 Å². The third-order valence-corrected chi connectivity index (χ3v) is 9.31. The van der Waals surface area contributed by atoms with E-state index in [0.29, 0.717) is 30.7 Å². The van der Waals surface area contributed by atoms with Gasteiger partial charge in [0.15, 0.2) is 29.5 Å². The largest absolute Gasteiger partial charge is 0.475 e. The first kappa shape index (κ1) is 22.4. The Morgan fingerprint density at radius 1 is 1.33 bits per heavy atom. The van der Waals surface area contributed by atoms with Gasteiger partial charge in [0.25, 0.3) is 0 Å². The molecule has 0 radical (unpaired) electrons. The number of aliphatic imine (C=N–C) groups is 1. The van der Waals surface area contributed by atoms with Crippen LogP contribution in [0.25, 0.3) is 0 Å². The molecule has 3 saturated carbocycles. The maximum Gasteiger partial charge on any atom is 0.303 e. The van der Waals surface area contributed by atoms with Gasteiger partial charge in [0.2, 0.25) is 5.78 Å². The highest BCUT2D eigenvalue weighted by Gasteiger charge is 2.78. The predicted molar refractivity (Wildman–Crippen MR) is 116 cm³/mol. The number of rotatable bonds is 3. The SMILES string of the molecule is CC(=O)OCC(=O)[C@@]12N=C(C)O[C@@H]1C[C@H]1[C@@H]3CCC4=CC(=O)C=C[C@@]4(C)[C@]3(F)[C@@H](O)C[C@@]12C. The van der Waals surface area contributed by atoms with E-state index in [-0.39, 0.29) is 23.9 Å². The van der Waals surface area contributed by atoms with Gasteiger partial charge in [0, 0.05) is 30.6 Å². The second-order valence-corrected chi connectivity index (χ2v) is 10.7. The molecule has 0 spiro atoms. The van der Waals surface area contributed by atoms with Crippen LogP contribution in [-0.2, 0) is 23.9 Å². The highest BCUT2D eigenvalue weighted by Crippen LogP contribution is 2.71. The zero-order valence-electron chi connectivity index (χ0n) is 19.4. The smallest absolute Gasteiger partial charge is 0.303 e. The number of esters is 1. The Balaban J connectivity index is 1.60. The number of fused-ring (bicyclic) bond motifs is 7. The average Bonchev–Trinajstić information content (AvgIpc) is 3.19. The third kappa shape index (κ3) is 2.58. The number of halogens is 1. The fourth-order valence-electron chi connectivity index (χ4n) is 7.85. The van der Waals surface area contributed by atoms with Crippen LogP contribution in [-0.4, -0.2) is 58.6 Å². The van der Waals surface area contributed by atoms with Gasteiger partial charge in [-0.2, -0.15) is 0 Å². The topological polar surface area (TPSA) is 102 Å². The molecule has 3 fully saturated rings. The molecule has 0 saturated heterocycles. The molecule has 1 heterocycles. The maximum absolute atomic E-state index is 17.2. The number of hydrogen-bond acceptors (Lipinski definition) is 7. The summed E-state index contributed by atoms with van der Waals surface area (Å²) in [6.07, 6.45) is 3.97. The second kappa shape index (κ2) is 6.84. The lowest BCUT2D eigenvalue weighted by Gasteiger charge is -2.62. The van der Waals surface area contributed by atoms with Crippen LogP contribution >= 0.6 is 0 Å². The van der Waals surface area contributed by atoms with Crippen LogP contribution in [0.1, 0.15) is 53.4 Å². The van der Waals surface area contributed by atoms with Crippen molar-refractivity contribution >= 4 is 23.4 Å². The highest BCUT2D eigenvalue weighted by atomic mass is 19.1. The van der Waals surface area contributed by atoms with Crippen molar-refractivity contribution in [1.29, 1.82) is 0 Å². The summed E-state index contributed by atoms with van der Waals surface area (Å²) in [5.74, 6) is -1.57. The minimum Gasteiger partial charge on any atom is -0.475 e. The molecular formula is C25H30FNO6. The number of allylic oxidation sites excluding steroid dienone is 4. The second-order valence-electron chi connectivity index (χ2n) is 10.7. The van der Waals surface area contributed by atoms with Gasteiger partial charge in [0.05, 0.1) is 6.10 Å². The van der Waals surface area contributed by atoms with Crippen molar-refractivity contribution in [2.45, 2.75) is 76.8 Å². The van der Waals surface area contributed by atoms with Crippen LogP contribution in [0.15, 0.2) is 28.8 Å². The van der Waals surface area contributed by atoms with Gasteiger partial charge in [-0.05, 0) is 50.7 Å². The van der Waals surface area contributed by atoms with Crippen LogP contribution in [0.5, 0.6) is 0 Å². The van der Waals surface area contributed by atoms with Crippen LogP contribution in [0.2, 0.25) is 0 Å². The summed E-state index contributed by atoms with van der Waals surface area (Å²) in [6.45, 7) is 6.13. The summed E-state index contributed by atoms with van der Waals surface area (Å²) in [5, 5.41) is 11.4. The van der Waals surface area contributed by atoms with Crippen molar-refractivity contribution in [2.75, 3.05) is 6.61 Å². The lowest BCUT2D eigenvalue weighted by molar-refractivity contribution is -0.198. The van der Waals surface area contributed by atoms with Crippen molar-refractivity contribution < 1.29 is 33.4 Å². The Hall–Kier alpha value is -2.35. The molecule has 0 aromatic heterocycles. The number of aliphatic hydroxyl groups is 1. The van der Waals surface area contributed by atoms with Gasteiger partial charge in [-0.3, -0.25) is 14.4 Å². The first-order valence-corrected chi connectivity index (χ1v) is 11.6. The van der Waals surface area contributed by atoms with E-state index in [1.165, 1.54) is 19.1 Å². The Morgan fingerprint density at radius 2 is 2.06 bits per heavy atom. The molecule has 0 bridgehead atoms. The zero-order valence-corrected chi connectivity index (χ0v) is 19.4. The first-order chi connectivity index (χ1) is 15.4. The fraction of sp³-hybridized carbons (Fsp3) is 0.680. The number of carbonyl (C=O) groups excluding carboxylic acids is 3. The molecule has 0 aromatic rings. The summed E-state index contributed by atoms with van der Waals surface area (Å²) in [5.41, 5.74) is -4.60. The first-order valence-electron chi connectivity index (χ1n) is 11.6. The normalized spacial score (nSPS) is 47.4. The van der Waals surface area contributed by atoms with Crippen molar-refractivity contribution in [2.24, 2.45) is 27.7 Å². The Morgan fingerprint density at radius 3 is 2.76 bits per heavy atom. The predicted octanol–water partition coefficient (Wildman–Crippen LogP) is 2.66. The third-order valence-electron chi connectivity index (χ3n) is 9.31. The van der Waals surface area contributed by atoms with Crippen molar-refractivity contribution in [3.8, 4) is 0 Å². The molecule has 178 valence electrons. The van der Waals surface area contributed by atoms with E-state index >= 15 is 4.39 Å². The summed E-state index contributed by atoms with van der Waals surface area (Å²) < 4.78 is 28.2. The van der Waals surface area contributed by atoms with Crippen LogP contribution in [0, 0.1) is 22.7 Å². The number of ether oxygens (including phenoxy) is 2. The molecule has 33 heavy (non-hydrogen) atoms. The average molecular weight is 460 g/mol. The Labute approximate surface area is 192 Å². The van der Waals surface area contributed by atoms with E-state index in [2.05, 4.69) is 4.99 Å². The van der Waals surface area contributed by atoms with Crippen LogP contribution in [0.4, 0.5) is 4.39 Å². The number of aliphatic hydroxyl groups excluding tert-OH is 1. The van der Waals surface area contributed by atoms with Gasteiger partial charge in [-0.1, -0.05) is 18.6 Å². The summed E-state index contributed by atoms with van der Waals surface area (Å²) in [4.78, 5) is 41.6. The Kier molecular flexibility index (Phi) is 4.65. The standard InChI is InChI=1S/C25H30FNO6/c1-13-27-25(20(31)12-32-14(2)28)21(33-13)10-18-17-6-5-15-9-16(29)7-8-22(15,3)24(17,26)19(30)11-23(18,25)4/h7-9,17-19,21,30H,5-6,10-12H2,1-4H3/t17-,18-,19-,21+,22+,23-,24+,25+/m0/s1. The molecule has 7 nitrogen and oxygen atoms in total. The zero-order chi connectivity index (χ0) is 24.0. The fourth-order valence-corrected chi connectivity index (χ4v) is 7.85. The minimum atomic E-state index is -1.99. The number of hydrogen-bond donors (Lipinski definition) is 1. The van der Waals surface area contributed by atoms with E-state index in [0.717, 1.165) is 0 Å². The molecule has 8 atom stereocenters. The molecule has 4 aliphatic carbocycles. The van der Waals surface area contributed by atoms with Gasteiger partial charge >= 0.3 is 5.97 Å². The number of alkyl halides is 1. The van der Waals surface area contributed by atoms with E-state index in [1.54, 1.807) is 19.9 Å². The van der Waals surface area contributed by atoms with Crippen LogP contribution < -0.4 is 0 Å². The maximum atomic E-state index is 17.2. The number of Topliss-reactive ketones (excluding diaryl/α,β-unsaturated/α-hetero) is 1.